The van der Waals surface area contributed by atoms with Crippen molar-refractivity contribution < 1.29 is 9.59 Å². The number of rotatable bonds is 6. The summed E-state index contributed by atoms with van der Waals surface area (Å²) in [6.45, 7) is 2.61. The van der Waals surface area contributed by atoms with Gasteiger partial charge < -0.3 is 5.32 Å². The molecule has 0 aliphatic rings. The minimum Gasteiger partial charge on any atom is -0.356 e. The molecule has 1 unspecified atom stereocenters. The molecular formula is C13H15BrClNO2. The van der Waals surface area contributed by atoms with Gasteiger partial charge in [-0.15, -0.1) is 0 Å². The van der Waals surface area contributed by atoms with Crippen LogP contribution in [0.1, 0.15) is 30.1 Å². The molecule has 1 N–H and O–H groups in total. The minimum atomic E-state index is -0.504. The summed E-state index contributed by atoms with van der Waals surface area (Å²) < 4.78 is 0. The Morgan fingerprint density at radius 2 is 1.94 bits per heavy atom. The first kappa shape index (κ1) is 15.2. The number of carbonyl (C=O) groups excluding carboxylic acids is 2. The van der Waals surface area contributed by atoms with Gasteiger partial charge in [0.2, 0.25) is 5.91 Å². The van der Waals surface area contributed by atoms with Crippen molar-refractivity contribution >= 4 is 39.2 Å². The van der Waals surface area contributed by atoms with Crippen LogP contribution in [0.25, 0.3) is 0 Å². The van der Waals surface area contributed by atoms with Crippen LogP contribution in [0.15, 0.2) is 24.3 Å². The number of benzene rings is 1. The van der Waals surface area contributed by atoms with Gasteiger partial charge in [0.05, 0.1) is 4.83 Å². The van der Waals surface area contributed by atoms with Crippen LogP contribution in [-0.2, 0) is 4.79 Å². The summed E-state index contributed by atoms with van der Waals surface area (Å²) in [5, 5.41) is 3.32. The number of alkyl halides is 1. The third-order valence-electron chi connectivity index (χ3n) is 2.35. The lowest BCUT2D eigenvalue weighted by Gasteiger charge is -2.09. The van der Waals surface area contributed by atoms with Crippen molar-refractivity contribution in [2.45, 2.75) is 24.6 Å². The lowest BCUT2D eigenvalue weighted by atomic mass is 10.1. The number of hydrogen-bond donors (Lipinski definition) is 1. The maximum absolute atomic E-state index is 12.0. The smallest absolute Gasteiger partial charge is 0.221 e. The van der Waals surface area contributed by atoms with Crippen molar-refractivity contribution in [1.29, 1.82) is 0 Å². The minimum absolute atomic E-state index is 0.113. The molecule has 5 heteroatoms. The van der Waals surface area contributed by atoms with E-state index in [4.69, 9.17) is 11.6 Å². The van der Waals surface area contributed by atoms with Crippen molar-refractivity contribution in [3.8, 4) is 0 Å². The molecule has 1 rings (SSSR count). The van der Waals surface area contributed by atoms with E-state index in [1.54, 1.807) is 24.3 Å². The molecule has 0 aliphatic carbocycles. The Labute approximate surface area is 120 Å². The molecular weight excluding hydrogens is 318 g/mol. The fourth-order valence-electron chi connectivity index (χ4n) is 1.39. The quantitative estimate of drug-likeness (QED) is 0.642. The fraction of sp³-hybridized carbons (Fsp3) is 0.385. The van der Waals surface area contributed by atoms with Gasteiger partial charge in [0.1, 0.15) is 0 Å². The van der Waals surface area contributed by atoms with Crippen molar-refractivity contribution in [3.05, 3.63) is 34.9 Å². The molecule has 0 fully saturated rings. The Morgan fingerprint density at radius 1 is 1.33 bits per heavy atom. The third-order valence-corrected chi connectivity index (χ3v) is 3.34. The van der Waals surface area contributed by atoms with E-state index in [1.165, 1.54) is 0 Å². The van der Waals surface area contributed by atoms with Crippen molar-refractivity contribution in [2.24, 2.45) is 0 Å². The fourth-order valence-corrected chi connectivity index (χ4v) is 2.07. The monoisotopic (exact) mass is 331 g/mol. The summed E-state index contributed by atoms with van der Waals surface area (Å²) in [6.07, 6.45) is 1.02. The van der Waals surface area contributed by atoms with Gasteiger partial charge in [-0.25, -0.2) is 0 Å². The van der Waals surface area contributed by atoms with E-state index < -0.39 is 4.83 Å². The van der Waals surface area contributed by atoms with Crippen LogP contribution >= 0.6 is 27.5 Å². The van der Waals surface area contributed by atoms with Gasteiger partial charge in [-0.1, -0.05) is 34.5 Å². The first-order chi connectivity index (χ1) is 8.54. The first-order valence-electron chi connectivity index (χ1n) is 5.75. The molecule has 0 saturated carbocycles. The van der Waals surface area contributed by atoms with E-state index in [-0.39, 0.29) is 18.1 Å². The summed E-state index contributed by atoms with van der Waals surface area (Å²) >= 11 is 9.00. The zero-order chi connectivity index (χ0) is 13.5. The van der Waals surface area contributed by atoms with Crippen LogP contribution in [-0.4, -0.2) is 23.1 Å². The van der Waals surface area contributed by atoms with Crippen LogP contribution in [0.5, 0.6) is 0 Å². The van der Waals surface area contributed by atoms with Crippen LogP contribution < -0.4 is 5.32 Å². The number of Topliss-reactive ketones (excluding diaryl/α,β-unsaturated/α-hetero) is 1. The molecule has 0 aliphatic heterocycles. The van der Waals surface area contributed by atoms with Gasteiger partial charge in [0.25, 0.3) is 0 Å². The lowest BCUT2D eigenvalue weighted by Crippen LogP contribution is -2.29. The topological polar surface area (TPSA) is 46.2 Å². The zero-order valence-electron chi connectivity index (χ0n) is 10.1. The Hall–Kier alpha value is -0.870. The maximum atomic E-state index is 12.0. The maximum Gasteiger partial charge on any atom is 0.221 e. The number of amides is 1. The summed E-state index contributed by atoms with van der Waals surface area (Å²) in [7, 11) is 0. The number of nitrogens with one attached hydrogen (secondary N) is 1. The van der Waals surface area contributed by atoms with E-state index in [2.05, 4.69) is 21.2 Å². The Kier molecular flexibility index (Phi) is 6.36. The second kappa shape index (κ2) is 7.54. The number of carbonyl (C=O) groups is 2. The molecule has 18 heavy (non-hydrogen) atoms. The molecule has 0 heterocycles. The molecule has 0 bridgehead atoms. The number of hydrogen-bond acceptors (Lipinski definition) is 2. The van der Waals surface area contributed by atoms with Crippen LogP contribution in [0, 0.1) is 0 Å². The van der Waals surface area contributed by atoms with Gasteiger partial charge in [-0.3, -0.25) is 9.59 Å². The summed E-state index contributed by atoms with van der Waals surface area (Å²) in [6, 6.07) is 6.63. The SMILES string of the molecule is CCCNC(=O)CC(Br)C(=O)c1ccc(Cl)cc1. The Morgan fingerprint density at radius 3 is 2.50 bits per heavy atom. The average molecular weight is 333 g/mol. The number of halogens is 2. The third kappa shape index (κ3) is 4.78. The summed E-state index contributed by atoms with van der Waals surface area (Å²) in [5.41, 5.74) is 0.546. The predicted molar refractivity (Wildman–Crippen MR) is 76.4 cm³/mol. The largest absolute Gasteiger partial charge is 0.356 e. The first-order valence-corrected chi connectivity index (χ1v) is 7.04. The standard InChI is InChI=1S/C13H15BrClNO2/c1-2-7-16-12(17)8-11(14)13(18)9-3-5-10(15)6-4-9/h3-6,11H,2,7-8H2,1H3,(H,16,17). The van der Waals surface area contributed by atoms with Gasteiger partial charge in [0, 0.05) is 23.6 Å². The molecule has 1 aromatic carbocycles. The zero-order valence-corrected chi connectivity index (χ0v) is 12.4. The molecule has 1 amide bonds. The van der Waals surface area contributed by atoms with E-state index >= 15 is 0 Å². The molecule has 3 nitrogen and oxygen atoms in total. The molecule has 0 radical (unpaired) electrons. The van der Waals surface area contributed by atoms with Crippen molar-refractivity contribution in [2.75, 3.05) is 6.54 Å². The van der Waals surface area contributed by atoms with Crippen LogP contribution in [0.2, 0.25) is 5.02 Å². The molecule has 1 atom stereocenters. The van der Waals surface area contributed by atoms with E-state index in [9.17, 15) is 9.59 Å². The van der Waals surface area contributed by atoms with Crippen LogP contribution in [0.3, 0.4) is 0 Å². The molecule has 0 saturated heterocycles. The Balaban J connectivity index is 2.56. The second-order valence-corrected chi connectivity index (χ2v) is 5.43. The molecule has 1 aromatic rings. The average Bonchev–Trinajstić information content (AvgIpc) is 2.36. The molecule has 98 valence electrons. The highest BCUT2D eigenvalue weighted by molar-refractivity contribution is 9.10. The van der Waals surface area contributed by atoms with Gasteiger partial charge in [-0.2, -0.15) is 0 Å². The van der Waals surface area contributed by atoms with Gasteiger partial charge >= 0.3 is 0 Å². The Bertz CT molecular complexity index is 420. The summed E-state index contributed by atoms with van der Waals surface area (Å²) in [4.78, 5) is 23.0. The normalized spacial score (nSPS) is 11.9. The highest BCUT2D eigenvalue weighted by Gasteiger charge is 2.19. The van der Waals surface area contributed by atoms with Gasteiger partial charge in [0.15, 0.2) is 5.78 Å². The highest BCUT2D eigenvalue weighted by Crippen LogP contribution is 2.16. The molecule has 0 aromatic heterocycles. The lowest BCUT2D eigenvalue weighted by molar-refractivity contribution is -0.120. The van der Waals surface area contributed by atoms with E-state index in [0.717, 1.165) is 6.42 Å². The predicted octanol–water partition coefficient (Wildman–Crippen LogP) is 3.20. The highest BCUT2D eigenvalue weighted by atomic mass is 79.9. The molecule has 0 spiro atoms. The van der Waals surface area contributed by atoms with E-state index in [0.29, 0.717) is 17.1 Å². The second-order valence-electron chi connectivity index (χ2n) is 3.89. The number of ketones is 1. The van der Waals surface area contributed by atoms with Crippen molar-refractivity contribution in [3.63, 3.8) is 0 Å². The summed E-state index contributed by atoms with van der Waals surface area (Å²) in [5.74, 6) is -0.237. The van der Waals surface area contributed by atoms with Gasteiger partial charge in [-0.05, 0) is 30.7 Å². The van der Waals surface area contributed by atoms with E-state index in [1.807, 2.05) is 6.92 Å². The van der Waals surface area contributed by atoms with Crippen molar-refractivity contribution in [1.82, 2.24) is 5.32 Å². The van der Waals surface area contributed by atoms with Crippen LogP contribution in [0.4, 0.5) is 0 Å².